The van der Waals surface area contributed by atoms with Gasteiger partial charge in [-0.1, -0.05) is 20.3 Å². The Morgan fingerprint density at radius 1 is 1.50 bits per heavy atom. The highest BCUT2D eigenvalue weighted by Crippen LogP contribution is 2.08. The fourth-order valence-electron chi connectivity index (χ4n) is 1.18. The van der Waals surface area contributed by atoms with Crippen molar-refractivity contribution in [3.8, 4) is 0 Å². The second-order valence-corrected chi connectivity index (χ2v) is 4.74. The highest BCUT2D eigenvalue weighted by molar-refractivity contribution is 7.99. The quantitative estimate of drug-likeness (QED) is 0.655. The number of rotatable bonds is 8. The third kappa shape index (κ3) is 6.27. The van der Waals surface area contributed by atoms with Gasteiger partial charge in [-0.3, -0.25) is 4.79 Å². The molecule has 84 valence electrons. The van der Waals surface area contributed by atoms with Gasteiger partial charge in [-0.15, -0.1) is 0 Å². The van der Waals surface area contributed by atoms with Crippen molar-refractivity contribution in [3.63, 3.8) is 0 Å². The first-order valence-electron chi connectivity index (χ1n) is 5.10. The average molecular weight is 219 g/mol. The molecule has 0 saturated carbocycles. The average Bonchev–Trinajstić information content (AvgIpc) is 2.16. The fraction of sp³-hybridized carbons (Fsp3) is 0.900. The molecule has 0 bridgehead atoms. The van der Waals surface area contributed by atoms with Crippen molar-refractivity contribution in [2.45, 2.75) is 44.4 Å². The number of carboxylic acid groups (broad SMARTS) is 1. The van der Waals surface area contributed by atoms with Crippen LogP contribution in [-0.2, 0) is 4.79 Å². The standard InChI is InChI=1S/C10H21NO2S/c1-4-5-9(10(12)13)11-7-6-8(2)14-3/h8-9,11H,4-7H2,1-3H3,(H,12,13). The topological polar surface area (TPSA) is 49.3 Å². The molecule has 0 rings (SSSR count). The Kier molecular flexibility index (Phi) is 7.99. The van der Waals surface area contributed by atoms with Crippen LogP contribution < -0.4 is 5.32 Å². The summed E-state index contributed by atoms with van der Waals surface area (Å²) in [5.74, 6) is -0.733. The van der Waals surface area contributed by atoms with Crippen molar-refractivity contribution in [2.24, 2.45) is 0 Å². The Labute approximate surface area is 90.7 Å². The van der Waals surface area contributed by atoms with Crippen molar-refractivity contribution < 1.29 is 9.90 Å². The molecule has 0 saturated heterocycles. The van der Waals surface area contributed by atoms with Gasteiger partial charge in [0.2, 0.25) is 0 Å². The normalized spacial score (nSPS) is 15.1. The fourth-order valence-corrected chi connectivity index (χ4v) is 1.53. The van der Waals surface area contributed by atoms with Crippen LogP contribution in [0, 0.1) is 0 Å². The summed E-state index contributed by atoms with van der Waals surface area (Å²) in [6.45, 7) is 4.95. The van der Waals surface area contributed by atoms with Gasteiger partial charge >= 0.3 is 5.97 Å². The van der Waals surface area contributed by atoms with Gasteiger partial charge in [0.15, 0.2) is 0 Å². The van der Waals surface area contributed by atoms with Crippen LogP contribution >= 0.6 is 11.8 Å². The van der Waals surface area contributed by atoms with Crippen LogP contribution in [0.25, 0.3) is 0 Å². The Bertz CT molecular complexity index is 164. The molecule has 0 spiro atoms. The number of hydrogen-bond acceptors (Lipinski definition) is 3. The van der Waals surface area contributed by atoms with Crippen LogP contribution in [0.3, 0.4) is 0 Å². The highest BCUT2D eigenvalue weighted by Gasteiger charge is 2.14. The predicted molar refractivity (Wildman–Crippen MR) is 61.9 cm³/mol. The summed E-state index contributed by atoms with van der Waals surface area (Å²) in [7, 11) is 0. The molecular formula is C10H21NO2S. The largest absolute Gasteiger partial charge is 0.480 e. The lowest BCUT2D eigenvalue weighted by Crippen LogP contribution is -2.37. The Hall–Kier alpha value is -0.220. The lowest BCUT2D eigenvalue weighted by molar-refractivity contribution is -0.139. The number of hydrogen-bond donors (Lipinski definition) is 2. The van der Waals surface area contributed by atoms with E-state index >= 15 is 0 Å². The molecule has 0 heterocycles. The molecule has 0 aromatic rings. The van der Waals surface area contributed by atoms with Gasteiger partial charge in [0.1, 0.15) is 6.04 Å². The molecule has 14 heavy (non-hydrogen) atoms. The Morgan fingerprint density at radius 3 is 2.57 bits per heavy atom. The van der Waals surface area contributed by atoms with Gasteiger partial charge in [0.25, 0.3) is 0 Å². The second-order valence-electron chi connectivity index (χ2n) is 3.47. The summed E-state index contributed by atoms with van der Waals surface area (Å²) in [5.41, 5.74) is 0. The van der Waals surface area contributed by atoms with Crippen molar-refractivity contribution in [1.82, 2.24) is 5.32 Å². The van der Waals surface area contributed by atoms with Gasteiger partial charge in [-0.05, 0) is 25.6 Å². The summed E-state index contributed by atoms with van der Waals surface area (Å²) in [4.78, 5) is 10.8. The molecule has 0 aliphatic carbocycles. The smallest absolute Gasteiger partial charge is 0.320 e. The SMILES string of the molecule is CCCC(NCCC(C)SC)C(=O)O. The molecule has 0 fully saturated rings. The molecule has 0 amide bonds. The van der Waals surface area contributed by atoms with Crippen LogP contribution in [0.5, 0.6) is 0 Å². The zero-order valence-electron chi connectivity index (χ0n) is 9.25. The minimum Gasteiger partial charge on any atom is -0.480 e. The molecule has 2 N–H and O–H groups in total. The van der Waals surface area contributed by atoms with E-state index in [-0.39, 0.29) is 6.04 Å². The monoisotopic (exact) mass is 219 g/mol. The van der Waals surface area contributed by atoms with E-state index in [1.165, 1.54) is 0 Å². The first-order valence-corrected chi connectivity index (χ1v) is 6.39. The molecule has 0 radical (unpaired) electrons. The number of carbonyl (C=O) groups is 1. The number of thioether (sulfide) groups is 1. The van der Waals surface area contributed by atoms with Gasteiger partial charge in [-0.2, -0.15) is 11.8 Å². The van der Waals surface area contributed by atoms with Gasteiger partial charge in [-0.25, -0.2) is 0 Å². The zero-order valence-corrected chi connectivity index (χ0v) is 10.1. The van der Waals surface area contributed by atoms with Gasteiger partial charge in [0.05, 0.1) is 0 Å². The Balaban J connectivity index is 3.66. The van der Waals surface area contributed by atoms with Crippen molar-refractivity contribution in [3.05, 3.63) is 0 Å². The first kappa shape index (κ1) is 13.8. The first-order chi connectivity index (χ1) is 6.61. The van der Waals surface area contributed by atoms with Crippen LogP contribution in [0.15, 0.2) is 0 Å². The Morgan fingerprint density at radius 2 is 2.14 bits per heavy atom. The maximum absolute atomic E-state index is 10.8. The van der Waals surface area contributed by atoms with Gasteiger partial charge < -0.3 is 10.4 Å². The number of aliphatic carboxylic acids is 1. The van der Waals surface area contributed by atoms with E-state index in [1.807, 2.05) is 18.7 Å². The maximum atomic E-state index is 10.8. The highest BCUT2D eigenvalue weighted by atomic mass is 32.2. The summed E-state index contributed by atoms with van der Waals surface area (Å²) in [6, 6.07) is -0.367. The molecule has 0 aromatic heterocycles. The zero-order chi connectivity index (χ0) is 11.0. The van der Waals surface area contributed by atoms with E-state index in [0.29, 0.717) is 11.7 Å². The molecule has 4 heteroatoms. The van der Waals surface area contributed by atoms with Crippen LogP contribution in [0.4, 0.5) is 0 Å². The summed E-state index contributed by atoms with van der Waals surface area (Å²) >= 11 is 1.81. The van der Waals surface area contributed by atoms with Gasteiger partial charge in [0, 0.05) is 5.25 Å². The van der Waals surface area contributed by atoms with Crippen LogP contribution in [-0.4, -0.2) is 35.2 Å². The molecular weight excluding hydrogens is 198 g/mol. The van der Waals surface area contributed by atoms with Crippen LogP contribution in [0.2, 0.25) is 0 Å². The van der Waals surface area contributed by atoms with Crippen molar-refractivity contribution in [1.29, 1.82) is 0 Å². The van der Waals surface area contributed by atoms with Crippen LogP contribution in [0.1, 0.15) is 33.1 Å². The van der Waals surface area contributed by atoms with E-state index in [9.17, 15) is 4.79 Å². The van der Waals surface area contributed by atoms with E-state index in [2.05, 4.69) is 18.5 Å². The lowest BCUT2D eigenvalue weighted by Gasteiger charge is -2.14. The minimum absolute atomic E-state index is 0.367. The van der Waals surface area contributed by atoms with E-state index < -0.39 is 5.97 Å². The molecule has 2 atom stereocenters. The molecule has 0 aromatic carbocycles. The third-order valence-electron chi connectivity index (χ3n) is 2.22. The summed E-state index contributed by atoms with van der Waals surface area (Å²) in [6.07, 6.45) is 4.71. The molecule has 3 nitrogen and oxygen atoms in total. The number of nitrogens with one attached hydrogen (secondary N) is 1. The minimum atomic E-state index is -0.733. The van der Waals surface area contributed by atoms with E-state index in [0.717, 1.165) is 19.4 Å². The summed E-state index contributed by atoms with van der Waals surface area (Å²) in [5, 5.41) is 12.5. The van der Waals surface area contributed by atoms with Crippen molar-refractivity contribution >= 4 is 17.7 Å². The predicted octanol–water partition coefficient (Wildman–Crippen LogP) is 1.97. The van der Waals surface area contributed by atoms with E-state index in [4.69, 9.17) is 5.11 Å². The molecule has 0 aliphatic rings. The number of carboxylic acids is 1. The molecule has 2 unspecified atom stereocenters. The third-order valence-corrected chi connectivity index (χ3v) is 3.26. The second kappa shape index (κ2) is 8.12. The van der Waals surface area contributed by atoms with E-state index in [1.54, 1.807) is 0 Å². The lowest BCUT2D eigenvalue weighted by atomic mass is 10.1. The molecule has 0 aliphatic heterocycles. The summed E-state index contributed by atoms with van der Waals surface area (Å²) < 4.78 is 0. The van der Waals surface area contributed by atoms with Crippen molar-refractivity contribution in [2.75, 3.05) is 12.8 Å². The maximum Gasteiger partial charge on any atom is 0.320 e.